The number of ether oxygens (including phenoxy) is 2. The summed E-state index contributed by atoms with van der Waals surface area (Å²) in [6.07, 6.45) is 3.86. The summed E-state index contributed by atoms with van der Waals surface area (Å²) in [5.74, 6) is 2.77. The summed E-state index contributed by atoms with van der Waals surface area (Å²) in [6, 6.07) is 12.4. The molecule has 1 heterocycles. The number of hydrogen-bond acceptors (Lipinski definition) is 6. The van der Waals surface area contributed by atoms with Crippen molar-refractivity contribution in [2.45, 2.75) is 39.8 Å². The average molecular weight is 469 g/mol. The maximum Gasteiger partial charge on any atom is 0.161 e. The minimum absolute atomic E-state index is 0.475. The SMILES string of the molecule is COc1ccc(/C=C/c2nc(NCCN(C(C)C)C(C)C)c3cc(Cl)ccc3n2)cc1OC. The molecule has 1 aromatic heterocycles. The number of anilines is 1. The minimum Gasteiger partial charge on any atom is -0.493 e. The molecular weight excluding hydrogens is 436 g/mol. The van der Waals surface area contributed by atoms with Gasteiger partial charge in [0.05, 0.1) is 19.7 Å². The summed E-state index contributed by atoms with van der Waals surface area (Å²) in [5, 5.41) is 5.07. The number of halogens is 1. The van der Waals surface area contributed by atoms with Crippen LogP contribution in [0.25, 0.3) is 23.1 Å². The maximum atomic E-state index is 6.26. The summed E-state index contributed by atoms with van der Waals surface area (Å²) in [7, 11) is 3.25. The van der Waals surface area contributed by atoms with Crippen molar-refractivity contribution in [3.63, 3.8) is 0 Å². The van der Waals surface area contributed by atoms with Crippen LogP contribution in [0.3, 0.4) is 0 Å². The number of fused-ring (bicyclic) bond motifs is 1. The molecule has 3 rings (SSSR count). The van der Waals surface area contributed by atoms with E-state index in [4.69, 9.17) is 31.0 Å². The van der Waals surface area contributed by atoms with Gasteiger partial charge < -0.3 is 14.8 Å². The molecule has 0 saturated heterocycles. The zero-order valence-electron chi connectivity index (χ0n) is 20.2. The monoisotopic (exact) mass is 468 g/mol. The normalized spacial score (nSPS) is 11.8. The van der Waals surface area contributed by atoms with Crippen molar-refractivity contribution in [3.05, 3.63) is 52.8 Å². The van der Waals surface area contributed by atoms with Gasteiger partial charge in [0.15, 0.2) is 17.3 Å². The topological polar surface area (TPSA) is 59.5 Å². The minimum atomic E-state index is 0.475. The quantitative estimate of drug-likeness (QED) is 0.393. The number of nitrogens with one attached hydrogen (secondary N) is 1. The van der Waals surface area contributed by atoms with Gasteiger partial charge in [-0.05, 0) is 69.7 Å². The Kier molecular flexibility index (Phi) is 8.53. The van der Waals surface area contributed by atoms with Gasteiger partial charge in [-0.1, -0.05) is 23.7 Å². The molecule has 2 aromatic carbocycles. The van der Waals surface area contributed by atoms with Gasteiger partial charge in [-0.3, -0.25) is 4.90 Å². The molecule has 0 aliphatic carbocycles. The van der Waals surface area contributed by atoms with E-state index in [1.165, 1.54) is 0 Å². The van der Waals surface area contributed by atoms with Crippen molar-refractivity contribution >= 4 is 40.5 Å². The second-order valence-electron chi connectivity index (χ2n) is 8.39. The lowest BCUT2D eigenvalue weighted by Gasteiger charge is -2.30. The van der Waals surface area contributed by atoms with E-state index in [2.05, 4.69) is 37.9 Å². The standard InChI is InChI=1S/C26H33ClN4O2/c1-17(2)31(18(3)4)14-13-28-26-21-16-20(27)9-10-22(21)29-25(30-26)12-8-19-7-11-23(32-5)24(15-19)33-6/h7-12,15-18H,13-14H2,1-6H3,(H,28,29,30)/b12-8+. The molecule has 3 aromatic rings. The molecule has 7 heteroatoms. The largest absolute Gasteiger partial charge is 0.493 e. The summed E-state index contributed by atoms with van der Waals surface area (Å²) in [5.41, 5.74) is 1.81. The predicted octanol–water partition coefficient (Wildman–Crippen LogP) is 6.00. The Balaban J connectivity index is 1.88. The molecule has 0 atom stereocenters. The van der Waals surface area contributed by atoms with Crippen LogP contribution < -0.4 is 14.8 Å². The third-order valence-corrected chi connectivity index (χ3v) is 5.73. The Hall–Kier alpha value is -2.83. The van der Waals surface area contributed by atoms with Crippen LogP contribution >= 0.6 is 11.6 Å². The maximum absolute atomic E-state index is 6.26. The Morgan fingerprint density at radius 2 is 1.67 bits per heavy atom. The highest BCUT2D eigenvalue weighted by Gasteiger charge is 2.13. The molecule has 1 N–H and O–H groups in total. The lowest BCUT2D eigenvalue weighted by molar-refractivity contribution is 0.182. The molecule has 0 unspecified atom stereocenters. The van der Waals surface area contributed by atoms with Crippen LogP contribution in [0.2, 0.25) is 5.02 Å². The zero-order chi connectivity index (χ0) is 24.0. The number of hydrogen-bond donors (Lipinski definition) is 1. The van der Waals surface area contributed by atoms with E-state index in [0.29, 0.717) is 34.4 Å². The fourth-order valence-electron chi connectivity index (χ4n) is 3.87. The van der Waals surface area contributed by atoms with Crippen molar-refractivity contribution in [1.82, 2.24) is 14.9 Å². The second-order valence-corrected chi connectivity index (χ2v) is 8.83. The van der Waals surface area contributed by atoms with Gasteiger partial charge in [-0.15, -0.1) is 0 Å². The van der Waals surface area contributed by atoms with Crippen LogP contribution in [-0.2, 0) is 0 Å². The van der Waals surface area contributed by atoms with Crippen LogP contribution in [0, 0.1) is 0 Å². The van der Waals surface area contributed by atoms with Gasteiger partial charge in [-0.25, -0.2) is 9.97 Å². The van der Waals surface area contributed by atoms with E-state index in [1.807, 2.05) is 48.6 Å². The highest BCUT2D eigenvalue weighted by atomic mass is 35.5. The van der Waals surface area contributed by atoms with Crippen molar-refractivity contribution in [2.75, 3.05) is 32.6 Å². The fraction of sp³-hybridized carbons (Fsp3) is 0.385. The van der Waals surface area contributed by atoms with Crippen molar-refractivity contribution < 1.29 is 9.47 Å². The first-order chi connectivity index (χ1) is 15.8. The molecular formula is C26H33ClN4O2. The Labute approximate surface area is 201 Å². The van der Waals surface area contributed by atoms with E-state index >= 15 is 0 Å². The molecule has 0 aliphatic rings. The van der Waals surface area contributed by atoms with Crippen LogP contribution in [0.5, 0.6) is 11.5 Å². The van der Waals surface area contributed by atoms with E-state index in [1.54, 1.807) is 14.2 Å². The van der Waals surface area contributed by atoms with Crippen molar-refractivity contribution in [1.29, 1.82) is 0 Å². The Bertz CT molecular complexity index is 1110. The molecule has 0 aliphatic heterocycles. The zero-order valence-corrected chi connectivity index (χ0v) is 21.0. The Morgan fingerprint density at radius 1 is 0.939 bits per heavy atom. The third kappa shape index (κ3) is 6.36. The van der Waals surface area contributed by atoms with E-state index in [9.17, 15) is 0 Å². The molecule has 0 amide bonds. The number of benzene rings is 2. The molecule has 0 fully saturated rings. The average Bonchev–Trinajstić information content (AvgIpc) is 2.79. The highest BCUT2D eigenvalue weighted by molar-refractivity contribution is 6.31. The number of rotatable bonds is 10. The van der Waals surface area contributed by atoms with E-state index < -0.39 is 0 Å². The number of aromatic nitrogens is 2. The third-order valence-electron chi connectivity index (χ3n) is 5.50. The molecule has 33 heavy (non-hydrogen) atoms. The van der Waals surface area contributed by atoms with Gasteiger partial charge in [-0.2, -0.15) is 0 Å². The van der Waals surface area contributed by atoms with Crippen LogP contribution in [0.4, 0.5) is 5.82 Å². The van der Waals surface area contributed by atoms with Gasteiger partial charge >= 0.3 is 0 Å². The summed E-state index contributed by atoms with van der Waals surface area (Å²) in [4.78, 5) is 11.9. The molecule has 176 valence electrons. The van der Waals surface area contributed by atoms with Gasteiger partial charge in [0.2, 0.25) is 0 Å². The van der Waals surface area contributed by atoms with Gasteiger partial charge in [0.1, 0.15) is 5.82 Å². The second kappa shape index (κ2) is 11.3. The summed E-state index contributed by atoms with van der Waals surface area (Å²) in [6.45, 7) is 10.6. The lowest BCUT2D eigenvalue weighted by Crippen LogP contribution is -2.40. The molecule has 0 spiro atoms. The molecule has 0 radical (unpaired) electrons. The fourth-order valence-corrected chi connectivity index (χ4v) is 4.04. The Morgan fingerprint density at radius 3 is 2.33 bits per heavy atom. The van der Waals surface area contributed by atoms with E-state index in [-0.39, 0.29) is 0 Å². The number of methoxy groups -OCH3 is 2. The van der Waals surface area contributed by atoms with Crippen molar-refractivity contribution in [3.8, 4) is 11.5 Å². The molecule has 0 bridgehead atoms. The van der Waals surface area contributed by atoms with Crippen LogP contribution in [0.15, 0.2) is 36.4 Å². The van der Waals surface area contributed by atoms with Crippen molar-refractivity contribution in [2.24, 2.45) is 0 Å². The predicted molar refractivity (Wildman–Crippen MR) is 138 cm³/mol. The molecule has 6 nitrogen and oxygen atoms in total. The smallest absolute Gasteiger partial charge is 0.161 e. The first-order valence-electron chi connectivity index (χ1n) is 11.2. The lowest BCUT2D eigenvalue weighted by atomic mass is 10.2. The van der Waals surface area contributed by atoms with E-state index in [0.717, 1.165) is 35.4 Å². The van der Waals surface area contributed by atoms with Crippen LogP contribution in [0.1, 0.15) is 39.1 Å². The summed E-state index contributed by atoms with van der Waals surface area (Å²) < 4.78 is 10.7. The summed E-state index contributed by atoms with van der Waals surface area (Å²) >= 11 is 6.26. The van der Waals surface area contributed by atoms with Gasteiger partial charge in [0.25, 0.3) is 0 Å². The van der Waals surface area contributed by atoms with Crippen LogP contribution in [-0.4, -0.2) is 54.3 Å². The first kappa shape index (κ1) is 24.8. The number of nitrogens with zero attached hydrogens (tertiary/aromatic N) is 3. The molecule has 0 saturated carbocycles. The first-order valence-corrected chi connectivity index (χ1v) is 11.6. The highest BCUT2D eigenvalue weighted by Crippen LogP contribution is 2.29. The van der Waals surface area contributed by atoms with Gasteiger partial charge in [0, 0.05) is 35.6 Å².